The maximum absolute atomic E-state index is 6.14. The number of anilines is 1. The van der Waals surface area contributed by atoms with Gasteiger partial charge in [0.25, 0.3) is 0 Å². The Morgan fingerprint density at radius 3 is 3.12 bits per heavy atom. The Balaban J connectivity index is 2.14. The van der Waals surface area contributed by atoms with Crippen molar-refractivity contribution in [2.75, 3.05) is 17.2 Å². The highest BCUT2D eigenvalue weighted by Gasteiger charge is 2.21. The van der Waals surface area contributed by atoms with Gasteiger partial charge < -0.3 is 10.3 Å². The van der Waals surface area contributed by atoms with Crippen LogP contribution in [-0.2, 0) is 0 Å². The van der Waals surface area contributed by atoms with E-state index in [0.717, 1.165) is 16.8 Å². The molecule has 2 N–H and O–H groups in total. The number of nitrogen functional groups attached to an aromatic ring is 1. The van der Waals surface area contributed by atoms with Gasteiger partial charge in [-0.3, -0.25) is 0 Å². The summed E-state index contributed by atoms with van der Waals surface area (Å²) >= 11 is 8.13. The molecule has 0 saturated carbocycles. The van der Waals surface area contributed by atoms with Crippen LogP contribution in [0.25, 0.3) is 11.0 Å². The minimum Gasteiger partial charge on any atom is -0.369 e. The number of fused-ring (bicyclic) bond motifs is 1. The molecular formula is C12H14ClN3S. The van der Waals surface area contributed by atoms with Gasteiger partial charge in [-0.25, -0.2) is 4.98 Å². The summed E-state index contributed by atoms with van der Waals surface area (Å²) in [7, 11) is 0. The molecule has 2 heterocycles. The summed E-state index contributed by atoms with van der Waals surface area (Å²) in [5, 5.41) is 0.677. The maximum atomic E-state index is 6.14. The number of nitrogens with zero attached hydrogens (tertiary/aromatic N) is 2. The number of benzene rings is 1. The first-order valence-corrected chi connectivity index (χ1v) is 7.30. The standard InChI is InChI=1S/C12H14ClN3S/c13-9-4-1-5-10-11(9)15-12(14)16(10)8-3-2-6-17-7-8/h1,4-5,8H,2-3,6-7H2,(H2,14,15). The van der Waals surface area contributed by atoms with Crippen molar-refractivity contribution in [3.8, 4) is 0 Å². The van der Waals surface area contributed by atoms with Crippen LogP contribution < -0.4 is 5.73 Å². The first-order valence-electron chi connectivity index (χ1n) is 5.77. The number of hydrogen-bond donors (Lipinski definition) is 1. The summed E-state index contributed by atoms with van der Waals surface area (Å²) in [6.07, 6.45) is 2.42. The quantitative estimate of drug-likeness (QED) is 0.862. The summed E-state index contributed by atoms with van der Waals surface area (Å²) < 4.78 is 2.15. The molecule has 2 aromatic rings. The minimum absolute atomic E-state index is 0.456. The van der Waals surface area contributed by atoms with E-state index in [4.69, 9.17) is 17.3 Å². The molecule has 1 aliphatic heterocycles. The topological polar surface area (TPSA) is 43.8 Å². The normalized spacial score (nSPS) is 20.9. The van der Waals surface area contributed by atoms with Crippen molar-refractivity contribution in [1.29, 1.82) is 0 Å². The summed E-state index contributed by atoms with van der Waals surface area (Å²) in [6, 6.07) is 6.32. The molecule has 1 aromatic carbocycles. The molecule has 1 aliphatic rings. The van der Waals surface area contributed by atoms with Crippen molar-refractivity contribution in [2.24, 2.45) is 0 Å². The van der Waals surface area contributed by atoms with Crippen LogP contribution in [0.1, 0.15) is 18.9 Å². The van der Waals surface area contributed by atoms with Gasteiger partial charge in [0.15, 0.2) is 0 Å². The summed E-state index contributed by atoms with van der Waals surface area (Å²) in [6.45, 7) is 0. The molecule has 0 aliphatic carbocycles. The first kappa shape index (κ1) is 11.2. The van der Waals surface area contributed by atoms with Gasteiger partial charge in [-0.2, -0.15) is 11.8 Å². The lowest BCUT2D eigenvalue weighted by Gasteiger charge is -2.24. The second-order valence-electron chi connectivity index (χ2n) is 4.32. The highest BCUT2D eigenvalue weighted by atomic mass is 35.5. The molecule has 0 bridgehead atoms. The number of para-hydroxylation sites is 1. The van der Waals surface area contributed by atoms with Crippen molar-refractivity contribution in [3.05, 3.63) is 23.2 Å². The van der Waals surface area contributed by atoms with Gasteiger partial charge in [-0.1, -0.05) is 17.7 Å². The maximum Gasteiger partial charge on any atom is 0.201 e. The number of imidazole rings is 1. The van der Waals surface area contributed by atoms with E-state index < -0.39 is 0 Å². The molecule has 1 unspecified atom stereocenters. The second kappa shape index (κ2) is 4.42. The van der Waals surface area contributed by atoms with Crippen LogP contribution in [0, 0.1) is 0 Å². The molecule has 90 valence electrons. The van der Waals surface area contributed by atoms with E-state index in [2.05, 4.69) is 9.55 Å². The van der Waals surface area contributed by atoms with Crippen LogP contribution in [0.4, 0.5) is 5.95 Å². The highest BCUT2D eigenvalue weighted by molar-refractivity contribution is 7.99. The number of hydrogen-bond acceptors (Lipinski definition) is 3. The predicted molar refractivity (Wildman–Crippen MR) is 74.8 cm³/mol. The average molecular weight is 268 g/mol. The average Bonchev–Trinajstić information content (AvgIpc) is 2.68. The van der Waals surface area contributed by atoms with Gasteiger partial charge in [0.1, 0.15) is 5.52 Å². The van der Waals surface area contributed by atoms with Crippen LogP contribution in [0.15, 0.2) is 18.2 Å². The number of thioether (sulfide) groups is 1. The molecule has 0 amide bonds. The van der Waals surface area contributed by atoms with E-state index in [1.807, 2.05) is 30.0 Å². The Labute approximate surface area is 109 Å². The van der Waals surface area contributed by atoms with Crippen molar-refractivity contribution in [1.82, 2.24) is 9.55 Å². The van der Waals surface area contributed by atoms with E-state index in [1.165, 1.54) is 18.6 Å². The molecule has 17 heavy (non-hydrogen) atoms. The fraction of sp³-hybridized carbons (Fsp3) is 0.417. The molecule has 1 fully saturated rings. The fourth-order valence-electron chi connectivity index (χ4n) is 2.41. The lowest BCUT2D eigenvalue weighted by atomic mass is 10.1. The number of nitrogens with two attached hydrogens (primary N) is 1. The minimum atomic E-state index is 0.456. The first-order chi connectivity index (χ1) is 8.27. The highest BCUT2D eigenvalue weighted by Crippen LogP contribution is 2.33. The van der Waals surface area contributed by atoms with Crippen molar-refractivity contribution >= 4 is 40.3 Å². The Hall–Kier alpha value is -0.870. The zero-order valence-electron chi connectivity index (χ0n) is 9.40. The Morgan fingerprint density at radius 1 is 1.47 bits per heavy atom. The smallest absolute Gasteiger partial charge is 0.201 e. The van der Waals surface area contributed by atoms with Gasteiger partial charge in [0, 0.05) is 11.8 Å². The Morgan fingerprint density at radius 2 is 2.35 bits per heavy atom. The largest absolute Gasteiger partial charge is 0.369 e. The molecule has 1 saturated heterocycles. The molecule has 0 spiro atoms. The van der Waals surface area contributed by atoms with Gasteiger partial charge in [-0.15, -0.1) is 0 Å². The van der Waals surface area contributed by atoms with E-state index in [0.29, 0.717) is 17.0 Å². The van der Waals surface area contributed by atoms with Gasteiger partial charge in [-0.05, 0) is 30.7 Å². The van der Waals surface area contributed by atoms with Crippen LogP contribution >= 0.6 is 23.4 Å². The number of rotatable bonds is 1. The fourth-order valence-corrected chi connectivity index (χ4v) is 3.75. The lowest BCUT2D eigenvalue weighted by molar-refractivity contribution is 0.517. The monoisotopic (exact) mass is 267 g/mol. The van der Waals surface area contributed by atoms with E-state index in [-0.39, 0.29) is 0 Å². The van der Waals surface area contributed by atoms with E-state index >= 15 is 0 Å². The third-order valence-electron chi connectivity index (χ3n) is 3.20. The third kappa shape index (κ3) is 1.89. The van der Waals surface area contributed by atoms with Crippen LogP contribution in [0.3, 0.4) is 0 Å². The number of halogens is 1. The molecule has 5 heteroatoms. The van der Waals surface area contributed by atoms with E-state index in [9.17, 15) is 0 Å². The summed E-state index contributed by atoms with van der Waals surface area (Å²) in [4.78, 5) is 4.39. The second-order valence-corrected chi connectivity index (χ2v) is 5.88. The van der Waals surface area contributed by atoms with Crippen LogP contribution in [0.5, 0.6) is 0 Å². The molecule has 1 atom stereocenters. The summed E-state index contributed by atoms with van der Waals surface area (Å²) in [5.41, 5.74) is 7.92. The zero-order valence-corrected chi connectivity index (χ0v) is 11.0. The Bertz CT molecular complexity index is 546. The molecule has 0 radical (unpaired) electrons. The van der Waals surface area contributed by atoms with Gasteiger partial charge in [0.2, 0.25) is 5.95 Å². The van der Waals surface area contributed by atoms with Crippen molar-refractivity contribution in [2.45, 2.75) is 18.9 Å². The van der Waals surface area contributed by atoms with E-state index in [1.54, 1.807) is 0 Å². The predicted octanol–water partition coefficient (Wildman–Crippen LogP) is 3.34. The van der Waals surface area contributed by atoms with Crippen molar-refractivity contribution < 1.29 is 0 Å². The van der Waals surface area contributed by atoms with Gasteiger partial charge in [0.05, 0.1) is 10.5 Å². The van der Waals surface area contributed by atoms with Crippen LogP contribution in [0.2, 0.25) is 5.02 Å². The summed E-state index contributed by atoms with van der Waals surface area (Å²) in [5.74, 6) is 2.95. The Kier molecular flexibility index (Phi) is 2.92. The third-order valence-corrected chi connectivity index (χ3v) is 4.70. The SMILES string of the molecule is Nc1nc2c(Cl)cccc2n1C1CCCSC1. The number of aromatic nitrogens is 2. The molecule has 1 aromatic heterocycles. The zero-order chi connectivity index (χ0) is 11.8. The van der Waals surface area contributed by atoms with Crippen LogP contribution in [-0.4, -0.2) is 21.1 Å². The van der Waals surface area contributed by atoms with Crippen molar-refractivity contribution in [3.63, 3.8) is 0 Å². The molecule has 3 rings (SSSR count). The molecule has 3 nitrogen and oxygen atoms in total. The van der Waals surface area contributed by atoms with Gasteiger partial charge >= 0.3 is 0 Å². The lowest BCUT2D eigenvalue weighted by Crippen LogP contribution is -2.17. The molecular weight excluding hydrogens is 254 g/mol.